The number of hydrogen-bond acceptors (Lipinski definition) is 4. The first-order chi connectivity index (χ1) is 16.4. The Balaban J connectivity index is 1.29. The molecule has 1 aliphatic heterocycles. The van der Waals surface area contributed by atoms with Crippen molar-refractivity contribution in [1.29, 1.82) is 0 Å². The molecule has 1 amide bonds. The van der Waals surface area contributed by atoms with Gasteiger partial charge in [-0.2, -0.15) is 0 Å². The van der Waals surface area contributed by atoms with E-state index in [-0.39, 0.29) is 12.5 Å². The number of anilines is 2. The van der Waals surface area contributed by atoms with E-state index >= 15 is 0 Å². The van der Waals surface area contributed by atoms with Crippen LogP contribution >= 0.6 is 46.4 Å². The second kappa shape index (κ2) is 11.5. The van der Waals surface area contributed by atoms with E-state index in [1.54, 1.807) is 24.3 Å². The van der Waals surface area contributed by atoms with E-state index in [2.05, 4.69) is 21.2 Å². The Bertz CT molecular complexity index is 1170. The summed E-state index contributed by atoms with van der Waals surface area (Å²) in [6.07, 6.45) is 0. The lowest BCUT2D eigenvalue weighted by Crippen LogP contribution is -2.46. The number of nitrogens with one attached hydrogen (secondary N) is 1. The van der Waals surface area contributed by atoms with E-state index in [4.69, 9.17) is 51.1 Å². The Morgan fingerprint density at radius 1 is 0.853 bits per heavy atom. The molecule has 0 aliphatic carbocycles. The van der Waals surface area contributed by atoms with Crippen LogP contribution in [0.25, 0.3) is 0 Å². The third-order valence-electron chi connectivity index (χ3n) is 5.55. The summed E-state index contributed by atoms with van der Waals surface area (Å²) in [7, 11) is 0. The molecule has 0 bridgehead atoms. The SMILES string of the molecule is O=C(COc1ccc(Cl)cc1Cl)Nc1ccc(N2CCN(Cc3ccccc3Cl)CC2)c(Cl)c1. The summed E-state index contributed by atoms with van der Waals surface area (Å²) < 4.78 is 5.48. The maximum atomic E-state index is 12.3. The van der Waals surface area contributed by atoms with Crippen molar-refractivity contribution in [3.05, 3.63) is 86.3 Å². The molecule has 0 unspecified atom stereocenters. The van der Waals surface area contributed by atoms with Crippen molar-refractivity contribution < 1.29 is 9.53 Å². The summed E-state index contributed by atoms with van der Waals surface area (Å²) in [4.78, 5) is 16.9. The molecule has 0 radical (unpaired) electrons. The molecule has 3 aromatic rings. The largest absolute Gasteiger partial charge is 0.482 e. The van der Waals surface area contributed by atoms with Crippen LogP contribution in [0, 0.1) is 0 Å². The molecule has 34 heavy (non-hydrogen) atoms. The number of ether oxygens (including phenoxy) is 1. The van der Waals surface area contributed by atoms with Gasteiger partial charge in [-0.15, -0.1) is 0 Å². The maximum absolute atomic E-state index is 12.3. The quantitative estimate of drug-likeness (QED) is 0.366. The maximum Gasteiger partial charge on any atom is 0.262 e. The fourth-order valence-electron chi connectivity index (χ4n) is 3.79. The van der Waals surface area contributed by atoms with Gasteiger partial charge < -0.3 is 15.0 Å². The Hall–Kier alpha value is -2.15. The summed E-state index contributed by atoms with van der Waals surface area (Å²) >= 11 is 24.8. The predicted octanol–water partition coefficient (Wildman–Crippen LogP) is 6.64. The zero-order chi connectivity index (χ0) is 24.1. The summed E-state index contributed by atoms with van der Waals surface area (Å²) in [5.74, 6) is 0.0753. The normalized spacial score (nSPS) is 14.2. The van der Waals surface area contributed by atoms with Crippen molar-refractivity contribution in [3.63, 3.8) is 0 Å². The highest BCUT2D eigenvalue weighted by Gasteiger charge is 2.20. The standard InChI is InChI=1S/C25H23Cl4N3O2/c26-18-5-8-24(22(29)13-18)34-16-25(33)30-19-6-7-23(21(28)14-19)32-11-9-31(10-12-32)15-17-3-1-2-4-20(17)27/h1-8,13-14H,9-12,15-16H2,(H,30,33). The van der Waals surface area contributed by atoms with Gasteiger partial charge in [0.15, 0.2) is 6.61 Å². The number of amides is 1. The molecule has 1 heterocycles. The fourth-order valence-corrected chi connectivity index (χ4v) is 4.75. The van der Waals surface area contributed by atoms with Crippen LogP contribution in [0.1, 0.15) is 5.56 Å². The predicted molar refractivity (Wildman–Crippen MR) is 141 cm³/mol. The fraction of sp³-hybridized carbons (Fsp3) is 0.240. The number of nitrogens with zero attached hydrogens (tertiary/aromatic N) is 2. The molecule has 0 spiro atoms. The van der Waals surface area contributed by atoms with E-state index < -0.39 is 0 Å². The Labute approximate surface area is 219 Å². The third kappa shape index (κ3) is 6.49. The number of halogens is 4. The molecule has 0 atom stereocenters. The zero-order valence-electron chi connectivity index (χ0n) is 18.2. The summed E-state index contributed by atoms with van der Waals surface area (Å²) in [6, 6.07) is 18.3. The minimum absolute atomic E-state index is 0.186. The van der Waals surface area contributed by atoms with Gasteiger partial charge in [-0.1, -0.05) is 64.6 Å². The van der Waals surface area contributed by atoms with Crippen molar-refractivity contribution in [3.8, 4) is 5.75 Å². The topological polar surface area (TPSA) is 44.8 Å². The first-order valence-electron chi connectivity index (χ1n) is 10.8. The van der Waals surface area contributed by atoms with Gasteiger partial charge in [-0.3, -0.25) is 9.69 Å². The van der Waals surface area contributed by atoms with Gasteiger partial charge in [0.2, 0.25) is 0 Å². The van der Waals surface area contributed by atoms with Crippen LogP contribution in [0.15, 0.2) is 60.7 Å². The highest BCUT2D eigenvalue weighted by Crippen LogP contribution is 2.31. The van der Waals surface area contributed by atoms with Crippen LogP contribution < -0.4 is 15.0 Å². The first-order valence-corrected chi connectivity index (χ1v) is 12.3. The number of hydrogen-bond donors (Lipinski definition) is 1. The van der Waals surface area contributed by atoms with Crippen LogP contribution in [0.4, 0.5) is 11.4 Å². The van der Waals surface area contributed by atoms with Crippen molar-refractivity contribution in [2.24, 2.45) is 0 Å². The molecular formula is C25H23Cl4N3O2. The molecular weight excluding hydrogens is 516 g/mol. The van der Waals surface area contributed by atoms with Crippen LogP contribution in [-0.2, 0) is 11.3 Å². The average Bonchev–Trinajstić information content (AvgIpc) is 2.81. The molecule has 178 valence electrons. The second-order valence-corrected chi connectivity index (χ2v) is 9.59. The summed E-state index contributed by atoms with van der Waals surface area (Å²) in [6.45, 7) is 4.16. The van der Waals surface area contributed by atoms with E-state index in [0.29, 0.717) is 26.5 Å². The molecule has 1 saturated heterocycles. The van der Waals surface area contributed by atoms with Gasteiger partial charge in [0.05, 0.1) is 15.7 Å². The van der Waals surface area contributed by atoms with Crippen LogP contribution in [0.3, 0.4) is 0 Å². The Kier molecular flexibility index (Phi) is 8.46. The van der Waals surface area contributed by atoms with Gasteiger partial charge in [0, 0.05) is 48.5 Å². The van der Waals surface area contributed by atoms with E-state index in [0.717, 1.165) is 49.0 Å². The lowest BCUT2D eigenvalue weighted by Gasteiger charge is -2.36. The number of carbonyl (C=O) groups is 1. The first kappa shape index (κ1) is 25.0. The monoisotopic (exact) mass is 537 g/mol. The van der Waals surface area contributed by atoms with E-state index in [1.807, 2.05) is 30.3 Å². The Morgan fingerprint density at radius 2 is 1.62 bits per heavy atom. The van der Waals surface area contributed by atoms with Gasteiger partial charge >= 0.3 is 0 Å². The summed E-state index contributed by atoms with van der Waals surface area (Å²) in [5, 5.41) is 5.02. The molecule has 1 aliphatic rings. The number of carbonyl (C=O) groups excluding carboxylic acids is 1. The number of benzene rings is 3. The van der Waals surface area contributed by atoms with Crippen LogP contribution in [0.2, 0.25) is 20.1 Å². The summed E-state index contributed by atoms with van der Waals surface area (Å²) in [5.41, 5.74) is 2.68. The van der Waals surface area contributed by atoms with Crippen molar-refractivity contribution in [2.75, 3.05) is 43.0 Å². The number of piperazine rings is 1. The number of rotatable bonds is 7. The minimum Gasteiger partial charge on any atom is -0.482 e. The lowest BCUT2D eigenvalue weighted by atomic mass is 10.2. The highest BCUT2D eigenvalue weighted by molar-refractivity contribution is 6.35. The third-order valence-corrected chi connectivity index (χ3v) is 6.75. The van der Waals surface area contributed by atoms with Gasteiger partial charge in [-0.25, -0.2) is 0 Å². The van der Waals surface area contributed by atoms with E-state index in [9.17, 15) is 4.79 Å². The molecule has 5 nitrogen and oxygen atoms in total. The van der Waals surface area contributed by atoms with E-state index in [1.165, 1.54) is 0 Å². The van der Waals surface area contributed by atoms with Crippen LogP contribution in [0.5, 0.6) is 5.75 Å². The smallest absolute Gasteiger partial charge is 0.262 e. The lowest BCUT2D eigenvalue weighted by molar-refractivity contribution is -0.118. The molecule has 3 aromatic carbocycles. The highest BCUT2D eigenvalue weighted by atomic mass is 35.5. The van der Waals surface area contributed by atoms with Gasteiger partial charge in [0.1, 0.15) is 5.75 Å². The minimum atomic E-state index is -0.317. The molecule has 0 aromatic heterocycles. The average molecular weight is 539 g/mol. The molecule has 1 fully saturated rings. The Morgan fingerprint density at radius 3 is 2.32 bits per heavy atom. The van der Waals surface area contributed by atoms with Gasteiger partial charge in [0.25, 0.3) is 5.91 Å². The van der Waals surface area contributed by atoms with Gasteiger partial charge in [-0.05, 0) is 48.0 Å². The zero-order valence-corrected chi connectivity index (χ0v) is 21.3. The van der Waals surface area contributed by atoms with Crippen molar-refractivity contribution in [1.82, 2.24) is 4.90 Å². The molecule has 4 rings (SSSR count). The molecule has 9 heteroatoms. The van der Waals surface area contributed by atoms with Crippen molar-refractivity contribution >= 4 is 63.7 Å². The van der Waals surface area contributed by atoms with Crippen LogP contribution in [-0.4, -0.2) is 43.6 Å². The molecule has 1 N–H and O–H groups in total. The van der Waals surface area contributed by atoms with Crippen molar-refractivity contribution in [2.45, 2.75) is 6.54 Å². The molecule has 0 saturated carbocycles. The second-order valence-electron chi connectivity index (χ2n) is 7.93.